The lowest BCUT2D eigenvalue weighted by molar-refractivity contribution is -0.429. The maximum atomic E-state index is 14.0. The summed E-state index contributed by atoms with van der Waals surface area (Å²) in [6, 6.07) is 15.6. The lowest BCUT2D eigenvalue weighted by Gasteiger charge is -2.15. The van der Waals surface area contributed by atoms with Crippen molar-refractivity contribution >= 4 is 28.3 Å². The van der Waals surface area contributed by atoms with Crippen molar-refractivity contribution in [2.75, 3.05) is 0 Å². The minimum atomic E-state index is -0.692. The van der Waals surface area contributed by atoms with Crippen LogP contribution in [0.15, 0.2) is 75.3 Å². The van der Waals surface area contributed by atoms with E-state index in [-0.39, 0.29) is 22.5 Å². The summed E-state index contributed by atoms with van der Waals surface area (Å²) in [6.45, 7) is 3.79. The molecule has 0 amide bonds. The van der Waals surface area contributed by atoms with Gasteiger partial charge in [0.2, 0.25) is 5.43 Å². The van der Waals surface area contributed by atoms with Crippen LogP contribution in [0, 0.1) is 6.92 Å². The molecule has 2 aromatic heterocycles. The highest BCUT2D eigenvalue weighted by molar-refractivity contribution is 7.13. The van der Waals surface area contributed by atoms with E-state index in [4.69, 9.17) is 9.15 Å². The molecule has 0 aliphatic carbocycles. The van der Waals surface area contributed by atoms with E-state index < -0.39 is 18.1 Å². The number of aromatic nitrogens is 1. The Kier molecular flexibility index (Phi) is 8.39. The summed E-state index contributed by atoms with van der Waals surface area (Å²) in [6.07, 6.45) is 1.32. The van der Waals surface area contributed by atoms with Crippen molar-refractivity contribution in [3.05, 3.63) is 104 Å². The van der Waals surface area contributed by atoms with Crippen molar-refractivity contribution in [1.29, 1.82) is 0 Å². The molecular weight excluding hydrogens is 554 g/mol. The highest BCUT2D eigenvalue weighted by Gasteiger charge is 2.28. The number of carbonyl (C=O) groups excluding carboxylic acids is 1. The molecule has 0 saturated heterocycles. The Morgan fingerprint density at radius 3 is 2.19 bits per heavy atom. The van der Waals surface area contributed by atoms with Crippen LogP contribution >= 0.6 is 11.3 Å². The number of phenolic OH excluding ortho intramolecular Hbond substituents is 2. The predicted octanol–water partition coefficient (Wildman–Crippen LogP) is 3.48. The van der Waals surface area contributed by atoms with Crippen LogP contribution in [0.3, 0.4) is 0 Å². The van der Waals surface area contributed by atoms with Crippen molar-refractivity contribution in [3.8, 4) is 27.8 Å². The van der Waals surface area contributed by atoms with Gasteiger partial charge in [0.25, 0.3) is 0 Å². The molecule has 0 bridgehead atoms. The second kappa shape index (κ2) is 12.2. The zero-order valence-corrected chi connectivity index (χ0v) is 24.2. The van der Waals surface area contributed by atoms with Crippen molar-refractivity contribution in [2.45, 2.75) is 45.2 Å². The Morgan fingerprint density at radius 2 is 1.62 bits per heavy atom. The Labute approximate surface area is 246 Å². The van der Waals surface area contributed by atoms with Crippen LogP contribution in [0.5, 0.6) is 17.2 Å². The van der Waals surface area contributed by atoms with Crippen molar-refractivity contribution in [2.24, 2.45) is 0 Å². The molecule has 10 heteroatoms. The fraction of sp³-hybridized carbons (Fsp3) is 0.219. The molecule has 0 spiro atoms. The fourth-order valence-electron chi connectivity index (χ4n) is 4.81. The molecule has 3 aromatic carbocycles. The van der Waals surface area contributed by atoms with Gasteiger partial charge in [-0.1, -0.05) is 31.2 Å². The van der Waals surface area contributed by atoms with Crippen molar-refractivity contribution < 1.29 is 35.6 Å². The summed E-state index contributed by atoms with van der Waals surface area (Å²) < 4.78 is 12.2. The Balaban J connectivity index is 1.54. The summed E-state index contributed by atoms with van der Waals surface area (Å²) >= 11 is 1.37. The monoisotopic (exact) mass is 587 g/mol. The third-order valence-corrected chi connectivity index (χ3v) is 8.04. The van der Waals surface area contributed by atoms with Crippen LogP contribution in [-0.4, -0.2) is 27.2 Å². The molecule has 2 atom stereocenters. The van der Waals surface area contributed by atoms with Crippen LogP contribution < -0.4 is 21.6 Å². The molecule has 8 N–H and O–H groups in total. The first kappa shape index (κ1) is 29.0. The number of fused-ring (bicyclic) bond motifs is 1. The smallest absolute Gasteiger partial charge is 0.370 e. The number of thiazole rings is 1. The van der Waals surface area contributed by atoms with Gasteiger partial charge in [0.05, 0.1) is 5.39 Å². The summed E-state index contributed by atoms with van der Waals surface area (Å²) in [5.74, 6) is 0.487. The van der Waals surface area contributed by atoms with Crippen LogP contribution in [-0.2, 0) is 24.1 Å². The van der Waals surface area contributed by atoms with E-state index in [9.17, 15) is 19.8 Å². The highest BCUT2D eigenvalue weighted by Crippen LogP contribution is 2.34. The quantitative estimate of drug-likeness (QED) is 0.151. The van der Waals surface area contributed by atoms with Gasteiger partial charge in [-0.15, -0.1) is 11.3 Å². The molecule has 2 heterocycles. The lowest BCUT2D eigenvalue weighted by atomic mass is 9.99. The SMILES string of the molecule is CCc1cc2c(=O)c(-c3nc(C)cs3)c([C@H]([NH3+])Cc3ccc(O)cc3)oc2cc1OC(=O)[C@H]([NH3+])Cc1ccc(O)cc1. The highest BCUT2D eigenvalue weighted by atomic mass is 32.1. The van der Waals surface area contributed by atoms with Gasteiger partial charge in [0, 0.05) is 30.0 Å². The topological polar surface area (TPSA) is 165 Å². The standard InChI is InChI=1S/C32H31N3O6S/c1-3-20-14-23-27(15-26(20)41-32(39)25(34)13-19-6-10-22(37)11-7-19)40-30(24(33)12-18-4-8-21(36)9-5-18)28(29(23)38)31-35-17(2)16-42-31/h4-11,14-16,24-25,36-37H,3,12-13,33-34H2,1-2H3/p+2/t24-,25-/m1/s1. The number of aromatic hydroxyl groups is 2. The fourth-order valence-corrected chi connectivity index (χ4v) is 5.66. The van der Waals surface area contributed by atoms with Crippen LogP contribution in [0.4, 0.5) is 0 Å². The number of ether oxygens (including phenoxy) is 1. The summed E-state index contributed by atoms with van der Waals surface area (Å²) in [5.41, 5.74) is 12.0. The summed E-state index contributed by atoms with van der Waals surface area (Å²) in [7, 11) is 0. The van der Waals surface area contributed by atoms with E-state index in [0.717, 1.165) is 16.8 Å². The van der Waals surface area contributed by atoms with E-state index in [1.165, 1.54) is 11.3 Å². The molecule has 5 aromatic rings. The van der Waals surface area contributed by atoms with Crippen molar-refractivity contribution in [3.63, 3.8) is 0 Å². The lowest BCUT2D eigenvalue weighted by Crippen LogP contribution is -2.67. The van der Waals surface area contributed by atoms with Crippen molar-refractivity contribution in [1.82, 2.24) is 4.98 Å². The van der Waals surface area contributed by atoms with Gasteiger partial charge >= 0.3 is 5.97 Å². The maximum absolute atomic E-state index is 14.0. The van der Waals surface area contributed by atoms with Crippen LogP contribution in [0.1, 0.15) is 41.1 Å². The molecule has 0 radical (unpaired) electrons. The van der Waals surface area contributed by atoms with Gasteiger partial charge in [-0.05, 0) is 60.4 Å². The van der Waals surface area contributed by atoms with E-state index in [1.54, 1.807) is 60.7 Å². The minimum absolute atomic E-state index is 0.146. The Hall–Kier alpha value is -4.51. The van der Waals surface area contributed by atoms with Gasteiger partial charge in [0.15, 0.2) is 11.8 Å². The molecule has 42 heavy (non-hydrogen) atoms. The van der Waals surface area contributed by atoms with E-state index in [0.29, 0.717) is 52.3 Å². The number of carbonyl (C=O) groups is 1. The summed E-state index contributed by atoms with van der Waals surface area (Å²) in [4.78, 5) is 31.6. The number of benzene rings is 3. The molecule has 9 nitrogen and oxygen atoms in total. The average Bonchev–Trinajstić information content (AvgIpc) is 3.40. The average molecular weight is 588 g/mol. The van der Waals surface area contributed by atoms with E-state index in [1.807, 2.05) is 19.2 Å². The minimum Gasteiger partial charge on any atom is -0.508 e. The van der Waals surface area contributed by atoms with E-state index in [2.05, 4.69) is 16.5 Å². The number of quaternary nitrogens is 2. The normalized spacial score (nSPS) is 12.8. The molecule has 0 aliphatic rings. The molecule has 0 saturated carbocycles. The molecule has 216 valence electrons. The second-order valence-corrected chi connectivity index (χ2v) is 11.2. The van der Waals surface area contributed by atoms with Crippen LogP contribution in [0.25, 0.3) is 21.5 Å². The molecule has 5 rings (SSSR count). The number of nitrogens with zero attached hydrogens (tertiary/aromatic N) is 1. The number of rotatable bonds is 9. The first-order chi connectivity index (χ1) is 20.1. The zero-order valence-electron chi connectivity index (χ0n) is 23.4. The largest absolute Gasteiger partial charge is 0.508 e. The van der Waals surface area contributed by atoms with E-state index >= 15 is 0 Å². The molecule has 0 fully saturated rings. The second-order valence-electron chi connectivity index (χ2n) is 10.3. The number of hydrogen-bond acceptors (Lipinski definition) is 8. The maximum Gasteiger partial charge on any atom is 0.370 e. The first-order valence-corrected chi connectivity index (χ1v) is 14.5. The number of esters is 1. The first-order valence-electron chi connectivity index (χ1n) is 13.6. The molecular formula is C32H33N3O6S+2. The van der Waals surface area contributed by atoms with Crippen LogP contribution in [0.2, 0.25) is 0 Å². The third kappa shape index (κ3) is 6.20. The van der Waals surface area contributed by atoms with Gasteiger partial charge in [0.1, 0.15) is 39.4 Å². The van der Waals surface area contributed by atoms with Gasteiger partial charge < -0.3 is 30.8 Å². The van der Waals surface area contributed by atoms with Gasteiger partial charge in [-0.25, -0.2) is 9.78 Å². The van der Waals surface area contributed by atoms with Gasteiger partial charge in [-0.2, -0.15) is 0 Å². The number of aryl methyl sites for hydroxylation is 2. The Morgan fingerprint density at radius 1 is 1.00 bits per heavy atom. The molecule has 0 unspecified atom stereocenters. The predicted molar refractivity (Wildman–Crippen MR) is 159 cm³/mol. The number of phenols is 2. The summed E-state index contributed by atoms with van der Waals surface area (Å²) in [5, 5.41) is 22.0. The zero-order chi connectivity index (χ0) is 30.0. The number of hydrogen-bond donors (Lipinski definition) is 4. The molecule has 0 aliphatic heterocycles. The van der Waals surface area contributed by atoms with Gasteiger partial charge in [-0.3, -0.25) is 4.79 Å². The third-order valence-electron chi connectivity index (χ3n) is 7.07. The Bertz CT molecular complexity index is 1790.